The molecule has 0 radical (unpaired) electrons. The first-order valence-electron chi connectivity index (χ1n) is 6.71. The maximum absolute atomic E-state index is 10.3. The summed E-state index contributed by atoms with van der Waals surface area (Å²) >= 11 is 0. The minimum absolute atomic E-state index is 0.373. The maximum atomic E-state index is 10.3. The summed E-state index contributed by atoms with van der Waals surface area (Å²) in [5, 5.41) is 19.2. The van der Waals surface area contributed by atoms with Crippen LogP contribution in [0.5, 0.6) is 5.75 Å². The Morgan fingerprint density at radius 2 is 1.85 bits per heavy atom. The third-order valence-corrected chi connectivity index (χ3v) is 3.35. The summed E-state index contributed by atoms with van der Waals surface area (Å²) in [5.41, 5.74) is 2.07. The summed E-state index contributed by atoms with van der Waals surface area (Å²) in [6, 6.07) is 16.6. The zero-order valence-electron chi connectivity index (χ0n) is 11.0. The number of hydrogen-bond donors (Lipinski definition) is 1. The molecular formula is C17H15NO2. The highest BCUT2D eigenvalue weighted by atomic mass is 16.5. The topological polar surface area (TPSA) is 53.2 Å². The molecule has 1 aliphatic rings. The van der Waals surface area contributed by atoms with Crippen LogP contribution in [0, 0.1) is 11.3 Å². The summed E-state index contributed by atoms with van der Waals surface area (Å²) < 4.78 is 5.68. The molecule has 1 saturated carbocycles. The summed E-state index contributed by atoms with van der Waals surface area (Å²) in [4.78, 5) is 0. The highest BCUT2D eigenvalue weighted by molar-refractivity contribution is 5.38. The molecule has 1 atom stereocenters. The number of hydrogen-bond acceptors (Lipinski definition) is 3. The fourth-order valence-electron chi connectivity index (χ4n) is 2.08. The van der Waals surface area contributed by atoms with Crippen molar-refractivity contribution in [2.45, 2.75) is 25.0 Å². The zero-order valence-corrected chi connectivity index (χ0v) is 11.0. The Morgan fingerprint density at radius 3 is 2.50 bits per heavy atom. The number of nitriles is 1. The van der Waals surface area contributed by atoms with E-state index in [-0.39, 0.29) is 0 Å². The smallest absolute Gasteiger partial charge is 0.119 e. The van der Waals surface area contributed by atoms with Gasteiger partial charge in [-0.15, -0.1) is 0 Å². The average Bonchev–Trinajstić information content (AvgIpc) is 3.31. The Hall–Kier alpha value is -2.31. The van der Waals surface area contributed by atoms with Gasteiger partial charge in [0.25, 0.3) is 0 Å². The van der Waals surface area contributed by atoms with E-state index >= 15 is 0 Å². The fourth-order valence-corrected chi connectivity index (χ4v) is 2.08. The van der Waals surface area contributed by atoms with Crippen molar-refractivity contribution in [2.24, 2.45) is 0 Å². The molecule has 2 aromatic carbocycles. The monoisotopic (exact) mass is 265 g/mol. The minimum Gasteiger partial charge on any atom is -0.490 e. The highest BCUT2D eigenvalue weighted by Crippen LogP contribution is 2.29. The van der Waals surface area contributed by atoms with Crippen molar-refractivity contribution in [2.75, 3.05) is 0 Å². The molecule has 2 aromatic rings. The lowest BCUT2D eigenvalue weighted by Crippen LogP contribution is -2.01. The van der Waals surface area contributed by atoms with E-state index in [1.54, 1.807) is 18.2 Å². The molecule has 0 aromatic heterocycles. The van der Waals surface area contributed by atoms with Gasteiger partial charge >= 0.3 is 0 Å². The second kappa shape index (κ2) is 5.36. The van der Waals surface area contributed by atoms with Crippen molar-refractivity contribution in [1.82, 2.24) is 0 Å². The van der Waals surface area contributed by atoms with Gasteiger partial charge in [-0.3, -0.25) is 0 Å². The quantitative estimate of drug-likeness (QED) is 0.923. The third kappa shape index (κ3) is 2.81. The highest BCUT2D eigenvalue weighted by Gasteiger charge is 2.23. The van der Waals surface area contributed by atoms with Crippen LogP contribution in [0.15, 0.2) is 48.5 Å². The summed E-state index contributed by atoms with van der Waals surface area (Å²) in [7, 11) is 0. The molecule has 1 fully saturated rings. The molecular weight excluding hydrogens is 250 g/mol. The average molecular weight is 265 g/mol. The summed E-state index contributed by atoms with van der Waals surface area (Å²) in [6.45, 7) is 0. The summed E-state index contributed by atoms with van der Waals surface area (Å²) in [5.74, 6) is 0.842. The largest absolute Gasteiger partial charge is 0.490 e. The molecule has 1 N–H and O–H groups in total. The molecule has 20 heavy (non-hydrogen) atoms. The van der Waals surface area contributed by atoms with Gasteiger partial charge in [0.15, 0.2) is 0 Å². The Labute approximate surface area is 118 Å². The molecule has 0 spiro atoms. The van der Waals surface area contributed by atoms with E-state index in [1.807, 2.05) is 30.3 Å². The number of rotatable bonds is 4. The van der Waals surface area contributed by atoms with Gasteiger partial charge in [0, 0.05) is 0 Å². The first kappa shape index (κ1) is 12.7. The van der Waals surface area contributed by atoms with E-state index in [4.69, 9.17) is 10.00 Å². The van der Waals surface area contributed by atoms with Gasteiger partial charge in [-0.25, -0.2) is 0 Å². The molecule has 0 aliphatic heterocycles. The Kier molecular flexibility index (Phi) is 3.41. The van der Waals surface area contributed by atoms with E-state index in [0.717, 1.165) is 29.7 Å². The van der Waals surface area contributed by atoms with Crippen LogP contribution in [-0.2, 0) is 0 Å². The van der Waals surface area contributed by atoms with E-state index < -0.39 is 6.10 Å². The predicted molar refractivity (Wildman–Crippen MR) is 75.3 cm³/mol. The molecule has 3 nitrogen and oxygen atoms in total. The Bertz CT molecular complexity index is 639. The van der Waals surface area contributed by atoms with Crippen LogP contribution in [0.1, 0.15) is 35.6 Å². The molecule has 1 aliphatic carbocycles. The number of aliphatic hydroxyl groups is 1. The van der Waals surface area contributed by atoms with Crippen LogP contribution in [0.2, 0.25) is 0 Å². The van der Waals surface area contributed by atoms with E-state index in [1.165, 1.54) is 0 Å². The van der Waals surface area contributed by atoms with Crippen molar-refractivity contribution in [1.29, 1.82) is 5.26 Å². The van der Waals surface area contributed by atoms with Crippen LogP contribution in [0.4, 0.5) is 0 Å². The molecule has 3 rings (SSSR count). The van der Waals surface area contributed by atoms with Crippen LogP contribution in [-0.4, -0.2) is 11.2 Å². The minimum atomic E-state index is -0.724. The lowest BCUT2D eigenvalue weighted by atomic mass is 10.00. The Balaban J connectivity index is 1.78. The standard InChI is InChI=1S/C17H15NO2/c18-11-12-2-1-3-14(10-12)17(19)13-4-6-15(7-5-13)20-16-8-9-16/h1-7,10,16-17,19H,8-9H2. The van der Waals surface area contributed by atoms with E-state index in [0.29, 0.717) is 11.7 Å². The second-order valence-electron chi connectivity index (χ2n) is 5.03. The van der Waals surface area contributed by atoms with Gasteiger partial charge in [0.1, 0.15) is 11.9 Å². The van der Waals surface area contributed by atoms with Crippen molar-refractivity contribution >= 4 is 0 Å². The maximum Gasteiger partial charge on any atom is 0.119 e. The molecule has 100 valence electrons. The SMILES string of the molecule is N#Cc1cccc(C(O)c2ccc(OC3CC3)cc2)c1. The van der Waals surface area contributed by atoms with Crippen LogP contribution < -0.4 is 4.74 Å². The van der Waals surface area contributed by atoms with Gasteiger partial charge in [0.05, 0.1) is 17.7 Å². The molecule has 0 heterocycles. The van der Waals surface area contributed by atoms with Gasteiger partial charge < -0.3 is 9.84 Å². The predicted octanol–water partition coefficient (Wildman–Crippen LogP) is 3.18. The van der Waals surface area contributed by atoms with Crippen molar-refractivity contribution in [3.8, 4) is 11.8 Å². The third-order valence-electron chi connectivity index (χ3n) is 3.35. The molecule has 0 bridgehead atoms. The van der Waals surface area contributed by atoms with E-state index in [2.05, 4.69) is 6.07 Å². The number of aliphatic hydroxyl groups excluding tert-OH is 1. The number of ether oxygens (including phenoxy) is 1. The first-order valence-corrected chi connectivity index (χ1v) is 6.71. The van der Waals surface area contributed by atoms with Gasteiger partial charge in [-0.2, -0.15) is 5.26 Å². The molecule has 0 saturated heterocycles. The van der Waals surface area contributed by atoms with Gasteiger partial charge in [-0.05, 0) is 48.2 Å². The Morgan fingerprint density at radius 1 is 1.10 bits per heavy atom. The zero-order chi connectivity index (χ0) is 13.9. The van der Waals surface area contributed by atoms with Crippen LogP contribution >= 0.6 is 0 Å². The molecule has 3 heteroatoms. The number of benzene rings is 2. The van der Waals surface area contributed by atoms with Crippen LogP contribution in [0.25, 0.3) is 0 Å². The van der Waals surface area contributed by atoms with Crippen molar-refractivity contribution < 1.29 is 9.84 Å². The van der Waals surface area contributed by atoms with Crippen LogP contribution in [0.3, 0.4) is 0 Å². The number of nitrogens with zero attached hydrogens (tertiary/aromatic N) is 1. The lowest BCUT2D eigenvalue weighted by molar-refractivity contribution is 0.220. The first-order chi connectivity index (χ1) is 9.76. The normalized spacial score (nSPS) is 15.4. The van der Waals surface area contributed by atoms with Gasteiger partial charge in [0.2, 0.25) is 0 Å². The second-order valence-corrected chi connectivity index (χ2v) is 5.03. The molecule has 0 amide bonds. The van der Waals surface area contributed by atoms with Crippen molar-refractivity contribution in [3.05, 3.63) is 65.2 Å². The fraction of sp³-hybridized carbons (Fsp3) is 0.235. The van der Waals surface area contributed by atoms with Gasteiger partial charge in [-0.1, -0.05) is 24.3 Å². The molecule has 1 unspecified atom stereocenters. The lowest BCUT2D eigenvalue weighted by Gasteiger charge is -2.12. The summed E-state index contributed by atoms with van der Waals surface area (Å²) in [6.07, 6.45) is 1.91. The van der Waals surface area contributed by atoms with E-state index in [9.17, 15) is 5.11 Å². The van der Waals surface area contributed by atoms with Crippen molar-refractivity contribution in [3.63, 3.8) is 0 Å².